The molecule has 0 unspecified atom stereocenters. The summed E-state index contributed by atoms with van der Waals surface area (Å²) in [6.45, 7) is -1.33. The first kappa shape index (κ1) is 31.6. The van der Waals surface area contributed by atoms with Gasteiger partial charge in [-0.15, -0.1) is 0 Å². The minimum Gasteiger partial charge on any atom is -0.507 e. The first-order valence-corrected chi connectivity index (χ1v) is 12.8. The van der Waals surface area contributed by atoms with Gasteiger partial charge in [0.1, 0.15) is 60.3 Å². The second-order valence-corrected chi connectivity index (χ2v) is 9.73. The second kappa shape index (κ2) is 13.3. The van der Waals surface area contributed by atoms with E-state index in [0.717, 1.165) is 12.1 Å². The predicted octanol–water partition coefficient (Wildman–Crippen LogP) is -2.65. The van der Waals surface area contributed by atoms with Crippen molar-refractivity contribution in [2.45, 2.75) is 61.4 Å². The Kier molecular flexibility index (Phi) is 10.0. The van der Waals surface area contributed by atoms with E-state index in [4.69, 9.17) is 18.9 Å². The van der Waals surface area contributed by atoms with Crippen molar-refractivity contribution >= 4 is 11.9 Å². The molecule has 2 saturated heterocycles. The summed E-state index contributed by atoms with van der Waals surface area (Å²) < 4.78 is 21.4. The van der Waals surface area contributed by atoms with Gasteiger partial charge in [0.05, 0.1) is 18.8 Å². The summed E-state index contributed by atoms with van der Waals surface area (Å²) >= 11 is 0. The van der Waals surface area contributed by atoms with Gasteiger partial charge in [0.25, 0.3) is 0 Å². The molecule has 0 radical (unpaired) electrons. The van der Waals surface area contributed by atoms with E-state index in [1.165, 1.54) is 36.4 Å². The maximum absolute atomic E-state index is 12.8. The molecule has 2 aromatic carbocycles. The number of allylic oxidation sites excluding steroid dienone is 1. The lowest BCUT2D eigenvalue weighted by Gasteiger charge is -2.39. The molecule has 0 amide bonds. The number of rotatable bonds is 9. The first-order chi connectivity index (χ1) is 19.9. The topological polar surface area (TPSA) is 256 Å². The van der Waals surface area contributed by atoms with Crippen LogP contribution in [0.3, 0.4) is 0 Å². The molecule has 15 heteroatoms. The van der Waals surface area contributed by atoms with Gasteiger partial charge in [0.2, 0.25) is 12.6 Å². The summed E-state index contributed by atoms with van der Waals surface area (Å²) in [4.78, 5) is 12.8. The Bertz CT molecular complexity index is 1260. The Balaban J connectivity index is 1.43. The van der Waals surface area contributed by atoms with Crippen LogP contribution in [0, 0.1) is 0 Å². The lowest BCUT2D eigenvalue weighted by molar-refractivity contribution is -0.277. The third-order valence-electron chi connectivity index (χ3n) is 6.84. The van der Waals surface area contributed by atoms with Crippen LogP contribution in [0.1, 0.15) is 15.9 Å². The van der Waals surface area contributed by atoms with Gasteiger partial charge in [-0.05, 0) is 35.9 Å². The van der Waals surface area contributed by atoms with Gasteiger partial charge in [0, 0.05) is 6.07 Å². The third-order valence-corrected chi connectivity index (χ3v) is 6.84. The highest BCUT2D eigenvalue weighted by Crippen LogP contribution is 2.32. The lowest BCUT2D eigenvalue weighted by Crippen LogP contribution is -2.60. The number of ketones is 1. The van der Waals surface area contributed by atoms with Gasteiger partial charge >= 0.3 is 0 Å². The molecule has 4 rings (SSSR count). The van der Waals surface area contributed by atoms with Crippen LogP contribution >= 0.6 is 0 Å². The molecule has 0 aromatic heterocycles. The lowest BCUT2D eigenvalue weighted by atomic mass is 9.99. The van der Waals surface area contributed by atoms with Crippen molar-refractivity contribution in [3.63, 3.8) is 0 Å². The fourth-order valence-electron chi connectivity index (χ4n) is 4.37. The molecular formula is C27H32O15. The quantitative estimate of drug-likeness (QED) is 0.105. The molecule has 2 aliphatic heterocycles. The average molecular weight is 597 g/mol. The number of carbonyl (C=O) groups excluding carboxylic acids is 1. The second-order valence-electron chi connectivity index (χ2n) is 9.73. The monoisotopic (exact) mass is 596 g/mol. The number of benzene rings is 2. The third kappa shape index (κ3) is 6.66. The van der Waals surface area contributed by atoms with Gasteiger partial charge in [-0.1, -0.05) is 12.1 Å². The number of ether oxygens (including phenoxy) is 4. The van der Waals surface area contributed by atoms with E-state index in [-0.39, 0.29) is 22.8 Å². The van der Waals surface area contributed by atoms with Gasteiger partial charge in [-0.25, -0.2) is 0 Å². The van der Waals surface area contributed by atoms with Crippen molar-refractivity contribution in [2.24, 2.45) is 0 Å². The van der Waals surface area contributed by atoms with Gasteiger partial charge in [0.15, 0.2) is 17.3 Å². The van der Waals surface area contributed by atoms with Crippen LogP contribution in [-0.4, -0.2) is 131 Å². The number of hydrogen-bond donors (Lipinski definition) is 10. The molecule has 10 N–H and O–H groups in total. The number of aliphatic hydroxyl groups is 8. The molecule has 0 aliphatic carbocycles. The van der Waals surface area contributed by atoms with E-state index in [2.05, 4.69) is 0 Å². The number of carbonyl (C=O) groups is 1. The molecule has 2 aromatic rings. The summed E-state index contributed by atoms with van der Waals surface area (Å²) in [5, 5.41) is 99.1. The number of phenolic OH excluding ortho intramolecular Hbond substituents is 2. The largest absolute Gasteiger partial charge is 0.507 e. The first-order valence-electron chi connectivity index (χ1n) is 12.8. The van der Waals surface area contributed by atoms with E-state index in [1.807, 2.05) is 0 Å². The molecule has 10 atom stereocenters. The van der Waals surface area contributed by atoms with Gasteiger partial charge in [-0.2, -0.15) is 0 Å². The molecule has 2 fully saturated rings. The number of hydrogen-bond acceptors (Lipinski definition) is 15. The van der Waals surface area contributed by atoms with Crippen molar-refractivity contribution in [3.05, 3.63) is 53.6 Å². The van der Waals surface area contributed by atoms with Crippen LogP contribution < -0.4 is 9.47 Å². The molecule has 42 heavy (non-hydrogen) atoms. The zero-order valence-corrected chi connectivity index (χ0v) is 21.8. The molecule has 2 aliphatic rings. The fraction of sp³-hybridized carbons (Fsp3) is 0.444. The smallest absolute Gasteiger partial charge is 0.229 e. The average Bonchev–Trinajstić information content (AvgIpc) is 2.97. The van der Waals surface area contributed by atoms with Crippen molar-refractivity contribution < 1.29 is 74.8 Å². The Morgan fingerprint density at radius 1 is 0.714 bits per heavy atom. The SMILES string of the molecule is O=C(/C=C/c1ccc(O)c(O[C@@H]2O[C@H](CO)[C@@H](O)[C@H](O)[C@H]2O)c1)c1ccc(O[C@H]2O[C@H](CO)[C@@H](O)[C@H](O)[C@H]2O)cc1O. The highest BCUT2D eigenvalue weighted by atomic mass is 16.7. The van der Waals surface area contributed by atoms with E-state index < -0.39 is 86.2 Å². The summed E-state index contributed by atoms with van der Waals surface area (Å²) in [6, 6.07) is 7.52. The van der Waals surface area contributed by atoms with Crippen molar-refractivity contribution in [2.75, 3.05) is 13.2 Å². The molecule has 2 heterocycles. The van der Waals surface area contributed by atoms with Crippen LogP contribution in [0.2, 0.25) is 0 Å². The number of aromatic hydroxyl groups is 2. The summed E-state index contributed by atoms with van der Waals surface area (Å²) in [5.74, 6) is -1.76. The van der Waals surface area contributed by atoms with E-state index >= 15 is 0 Å². The Labute approximate surface area is 238 Å². The Morgan fingerprint density at radius 3 is 1.83 bits per heavy atom. The molecule has 230 valence electrons. The normalized spacial score (nSPS) is 33.4. The molecule has 15 nitrogen and oxygen atoms in total. The van der Waals surface area contributed by atoms with E-state index in [0.29, 0.717) is 5.56 Å². The van der Waals surface area contributed by atoms with Crippen molar-refractivity contribution in [3.8, 4) is 23.0 Å². The highest BCUT2D eigenvalue weighted by Gasteiger charge is 2.46. The Morgan fingerprint density at radius 2 is 1.29 bits per heavy atom. The molecule has 0 bridgehead atoms. The van der Waals surface area contributed by atoms with Crippen LogP contribution in [-0.2, 0) is 9.47 Å². The van der Waals surface area contributed by atoms with Gasteiger partial charge < -0.3 is 70.0 Å². The zero-order chi connectivity index (χ0) is 30.7. The summed E-state index contributed by atoms with van der Waals surface area (Å²) in [7, 11) is 0. The van der Waals surface area contributed by atoms with E-state index in [9.17, 15) is 55.9 Å². The molecule has 0 saturated carbocycles. The summed E-state index contributed by atoms with van der Waals surface area (Å²) in [6.07, 6.45) is -12.9. The summed E-state index contributed by atoms with van der Waals surface area (Å²) in [5.41, 5.74) is 0.201. The molecular weight excluding hydrogens is 564 g/mol. The minimum atomic E-state index is -1.71. The van der Waals surface area contributed by atoms with Crippen LogP contribution in [0.15, 0.2) is 42.5 Å². The van der Waals surface area contributed by atoms with Crippen LogP contribution in [0.4, 0.5) is 0 Å². The van der Waals surface area contributed by atoms with Crippen molar-refractivity contribution in [1.82, 2.24) is 0 Å². The molecule has 0 spiro atoms. The Hall–Kier alpha value is -3.35. The fourth-order valence-corrected chi connectivity index (χ4v) is 4.37. The number of aliphatic hydroxyl groups excluding tert-OH is 8. The predicted molar refractivity (Wildman–Crippen MR) is 138 cm³/mol. The minimum absolute atomic E-state index is 0.0501. The highest BCUT2D eigenvalue weighted by molar-refractivity contribution is 6.08. The zero-order valence-electron chi connectivity index (χ0n) is 21.8. The van der Waals surface area contributed by atoms with Gasteiger partial charge in [-0.3, -0.25) is 4.79 Å². The van der Waals surface area contributed by atoms with Crippen LogP contribution in [0.5, 0.6) is 23.0 Å². The van der Waals surface area contributed by atoms with Crippen molar-refractivity contribution in [1.29, 1.82) is 0 Å². The van der Waals surface area contributed by atoms with E-state index in [1.54, 1.807) is 0 Å². The van der Waals surface area contributed by atoms with Crippen LogP contribution in [0.25, 0.3) is 6.08 Å². The maximum atomic E-state index is 12.8. The maximum Gasteiger partial charge on any atom is 0.229 e. The number of phenols is 2. The standard InChI is InChI=1S/C27H32O15/c28-9-18-20(33)22(35)24(37)26(41-18)39-12-3-4-13(16(32)8-12)14(30)5-1-11-2-6-15(31)17(7-11)40-27-25(38)23(36)21(34)19(10-29)42-27/h1-8,18-29,31-38H,9-10H2/b5-1+/t18-,19-,20-,21-,22+,23+,24-,25-,26+,27-/m1/s1.